The highest BCUT2D eigenvalue weighted by Crippen LogP contribution is 2.36. The van der Waals surface area contributed by atoms with Gasteiger partial charge in [0.1, 0.15) is 0 Å². The number of nitrogens with zero attached hydrogens (tertiary/aromatic N) is 2. The predicted molar refractivity (Wildman–Crippen MR) is 85.7 cm³/mol. The molecule has 1 saturated heterocycles. The van der Waals surface area contributed by atoms with Gasteiger partial charge in [-0.25, -0.2) is 0 Å². The molecule has 106 valence electrons. The summed E-state index contributed by atoms with van der Waals surface area (Å²) < 4.78 is 1.14. The van der Waals surface area contributed by atoms with Crippen LogP contribution in [0.1, 0.15) is 20.3 Å². The maximum Gasteiger partial charge on any atom is 0.0545 e. The minimum absolute atomic E-state index is 0.110. The number of hydrogen-bond acceptors (Lipinski definition) is 3. The Hall–Kier alpha value is -0.580. The van der Waals surface area contributed by atoms with E-state index in [1.54, 1.807) is 0 Å². The maximum absolute atomic E-state index is 6.05. The molecule has 1 aromatic carbocycles. The molecule has 0 spiro atoms. The Morgan fingerprint density at radius 3 is 2.68 bits per heavy atom. The predicted octanol–water partition coefficient (Wildman–Crippen LogP) is 2.70. The molecule has 0 aromatic heterocycles. The number of anilines is 1. The second-order valence-electron chi connectivity index (χ2n) is 6.04. The lowest BCUT2D eigenvalue weighted by Crippen LogP contribution is -2.54. The molecule has 1 atom stereocenters. The van der Waals surface area contributed by atoms with Gasteiger partial charge in [-0.2, -0.15) is 0 Å². The van der Waals surface area contributed by atoms with E-state index in [1.807, 2.05) is 0 Å². The third-order valence-corrected chi connectivity index (χ3v) is 4.70. The third kappa shape index (κ3) is 3.12. The zero-order valence-electron chi connectivity index (χ0n) is 12.1. The van der Waals surface area contributed by atoms with Crippen LogP contribution in [-0.2, 0) is 0 Å². The van der Waals surface area contributed by atoms with Crippen LogP contribution < -0.4 is 10.6 Å². The number of hydrogen-bond donors (Lipinski definition) is 1. The van der Waals surface area contributed by atoms with Crippen molar-refractivity contribution in [1.29, 1.82) is 0 Å². The molecule has 1 aliphatic rings. The van der Waals surface area contributed by atoms with E-state index in [2.05, 4.69) is 70.9 Å². The van der Waals surface area contributed by atoms with Crippen molar-refractivity contribution in [2.75, 3.05) is 31.6 Å². The van der Waals surface area contributed by atoms with Gasteiger partial charge in [-0.15, -0.1) is 0 Å². The van der Waals surface area contributed by atoms with Crippen LogP contribution in [0, 0.1) is 0 Å². The fraction of sp³-hybridized carbons (Fsp3) is 0.600. The lowest BCUT2D eigenvalue weighted by Gasteiger charge is -2.44. The number of likely N-dealkylation sites (N-methyl/N-ethyl adjacent to an activating group) is 1. The lowest BCUT2D eigenvalue weighted by molar-refractivity contribution is 0.329. The quantitative estimate of drug-likeness (QED) is 0.907. The maximum atomic E-state index is 6.05. The summed E-state index contributed by atoms with van der Waals surface area (Å²) in [4.78, 5) is 4.89. The van der Waals surface area contributed by atoms with Crippen molar-refractivity contribution in [3.05, 3.63) is 28.7 Å². The summed E-state index contributed by atoms with van der Waals surface area (Å²) in [5, 5.41) is 0. The standard InChI is InChI=1S/C15H24BrN3/c1-15(2)8-9-18(3)11-12(10-17)19(15)14-7-5-4-6-13(14)16/h4-7,12H,8-11,17H2,1-3H3. The SMILES string of the molecule is CN1CCC(C)(C)N(c2ccccc2Br)C(CN)C1. The molecule has 1 aliphatic heterocycles. The fourth-order valence-electron chi connectivity index (χ4n) is 2.96. The van der Waals surface area contributed by atoms with Crippen LogP contribution >= 0.6 is 15.9 Å². The van der Waals surface area contributed by atoms with Crippen molar-refractivity contribution < 1.29 is 0 Å². The minimum atomic E-state index is 0.110. The van der Waals surface area contributed by atoms with Crippen molar-refractivity contribution in [2.24, 2.45) is 5.73 Å². The zero-order chi connectivity index (χ0) is 14.0. The molecule has 1 aromatic rings. The van der Waals surface area contributed by atoms with Gasteiger partial charge in [-0.1, -0.05) is 12.1 Å². The highest BCUT2D eigenvalue weighted by atomic mass is 79.9. The van der Waals surface area contributed by atoms with E-state index in [9.17, 15) is 0 Å². The smallest absolute Gasteiger partial charge is 0.0545 e. The number of rotatable bonds is 2. The second kappa shape index (κ2) is 5.81. The summed E-state index contributed by atoms with van der Waals surface area (Å²) >= 11 is 3.68. The zero-order valence-corrected chi connectivity index (χ0v) is 13.7. The minimum Gasteiger partial charge on any atom is -0.360 e. The van der Waals surface area contributed by atoms with Crippen LogP contribution in [-0.4, -0.2) is 43.2 Å². The van der Waals surface area contributed by atoms with Crippen molar-refractivity contribution in [2.45, 2.75) is 31.8 Å². The fourth-order valence-corrected chi connectivity index (χ4v) is 3.44. The topological polar surface area (TPSA) is 32.5 Å². The van der Waals surface area contributed by atoms with E-state index in [1.165, 1.54) is 5.69 Å². The Kier molecular flexibility index (Phi) is 4.54. The van der Waals surface area contributed by atoms with Crippen molar-refractivity contribution in [3.63, 3.8) is 0 Å². The molecule has 0 amide bonds. The Morgan fingerprint density at radius 2 is 2.05 bits per heavy atom. The highest BCUT2D eigenvalue weighted by molar-refractivity contribution is 9.10. The van der Waals surface area contributed by atoms with Crippen LogP contribution in [0.2, 0.25) is 0 Å². The van der Waals surface area contributed by atoms with E-state index >= 15 is 0 Å². The van der Waals surface area contributed by atoms with Gasteiger partial charge in [-0.3, -0.25) is 0 Å². The van der Waals surface area contributed by atoms with Gasteiger partial charge in [0.2, 0.25) is 0 Å². The van der Waals surface area contributed by atoms with E-state index in [4.69, 9.17) is 5.73 Å². The highest BCUT2D eigenvalue weighted by Gasteiger charge is 2.36. The lowest BCUT2D eigenvalue weighted by atomic mass is 9.95. The van der Waals surface area contributed by atoms with E-state index in [0.717, 1.165) is 24.0 Å². The number of halogens is 1. The molecule has 3 nitrogen and oxygen atoms in total. The number of para-hydroxylation sites is 1. The molecular formula is C15H24BrN3. The van der Waals surface area contributed by atoms with Gasteiger partial charge in [0.25, 0.3) is 0 Å². The van der Waals surface area contributed by atoms with Gasteiger partial charge < -0.3 is 15.5 Å². The van der Waals surface area contributed by atoms with Crippen molar-refractivity contribution >= 4 is 21.6 Å². The monoisotopic (exact) mass is 325 g/mol. The molecule has 4 heteroatoms. The van der Waals surface area contributed by atoms with Crippen molar-refractivity contribution in [1.82, 2.24) is 4.90 Å². The summed E-state index contributed by atoms with van der Waals surface area (Å²) in [5.41, 5.74) is 7.41. The average molecular weight is 326 g/mol. The normalized spacial score (nSPS) is 24.3. The molecule has 1 unspecified atom stereocenters. The average Bonchev–Trinajstić information content (AvgIpc) is 2.48. The molecule has 2 rings (SSSR count). The summed E-state index contributed by atoms with van der Waals surface area (Å²) in [7, 11) is 2.18. The first-order valence-corrected chi connectivity index (χ1v) is 7.67. The first-order valence-electron chi connectivity index (χ1n) is 6.88. The summed E-state index contributed by atoms with van der Waals surface area (Å²) in [6, 6.07) is 8.79. The van der Waals surface area contributed by atoms with Gasteiger partial charge in [-0.05, 0) is 55.4 Å². The van der Waals surface area contributed by atoms with Gasteiger partial charge in [0, 0.05) is 29.6 Å². The Labute approximate surface area is 124 Å². The third-order valence-electron chi connectivity index (χ3n) is 4.03. The molecule has 1 fully saturated rings. The first-order chi connectivity index (χ1) is 8.95. The Balaban J connectivity index is 2.44. The largest absolute Gasteiger partial charge is 0.360 e. The molecule has 0 aliphatic carbocycles. The van der Waals surface area contributed by atoms with Crippen LogP contribution in [0.25, 0.3) is 0 Å². The van der Waals surface area contributed by atoms with Gasteiger partial charge in [0.05, 0.1) is 11.7 Å². The van der Waals surface area contributed by atoms with E-state index in [-0.39, 0.29) is 5.54 Å². The van der Waals surface area contributed by atoms with Crippen molar-refractivity contribution in [3.8, 4) is 0 Å². The van der Waals surface area contributed by atoms with Gasteiger partial charge >= 0.3 is 0 Å². The number of nitrogens with two attached hydrogens (primary N) is 1. The summed E-state index contributed by atoms with van der Waals surface area (Å²) in [5.74, 6) is 0. The van der Waals surface area contributed by atoms with Crippen LogP contribution in [0.5, 0.6) is 0 Å². The molecule has 0 radical (unpaired) electrons. The molecule has 0 saturated carbocycles. The Bertz CT molecular complexity index is 433. The van der Waals surface area contributed by atoms with Crippen LogP contribution in [0.3, 0.4) is 0 Å². The first kappa shape index (κ1) is 14.8. The van der Waals surface area contributed by atoms with E-state index in [0.29, 0.717) is 12.6 Å². The summed E-state index contributed by atoms with van der Waals surface area (Å²) in [6.45, 7) is 7.43. The van der Waals surface area contributed by atoms with Gasteiger partial charge in [0.15, 0.2) is 0 Å². The molecule has 19 heavy (non-hydrogen) atoms. The molecule has 2 N–H and O–H groups in total. The molecular weight excluding hydrogens is 302 g/mol. The second-order valence-corrected chi connectivity index (χ2v) is 6.89. The van der Waals surface area contributed by atoms with Crippen LogP contribution in [0.15, 0.2) is 28.7 Å². The van der Waals surface area contributed by atoms with E-state index < -0.39 is 0 Å². The van der Waals surface area contributed by atoms with Crippen LogP contribution in [0.4, 0.5) is 5.69 Å². The Morgan fingerprint density at radius 1 is 1.37 bits per heavy atom. The molecule has 1 heterocycles. The summed E-state index contributed by atoms with van der Waals surface area (Å²) in [6.07, 6.45) is 1.14. The molecule has 0 bridgehead atoms. The number of benzene rings is 1.